The van der Waals surface area contributed by atoms with Crippen LogP contribution in [-0.2, 0) is 34.3 Å². The van der Waals surface area contributed by atoms with Crippen molar-refractivity contribution in [1.82, 2.24) is 19.9 Å². The first-order valence-corrected chi connectivity index (χ1v) is 10.5. The molecule has 2 rings (SSSR count). The number of aromatic nitrogens is 1. The number of oxime groups is 1. The van der Waals surface area contributed by atoms with Crippen molar-refractivity contribution >= 4 is 62.6 Å². The normalized spacial score (nSPS) is 19.5. The van der Waals surface area contributed by atoms with Crippen LogP contribution in [0.1, 0.15) is 17.5 Å². The van der Waals surface area contributed by atoms with Gasteiger partial charge in [-0.3, -0.25) is 23.7 Å². The summed E-state index contributed by atoms with van der Waals surface area (Å²) in [5, 5.41) is 7.89. The number of thiazole rings is 1. The summed E-state index contributed by atoms with van der Waals surface area (Å²) in [4.78, 5) is 56.4. The Hall–Kier alpha value is -1.82. The molecule has 0 bridgehead atoms. The molecule has 0 saturated carbocycles. The molecule has 4 amide bonds. The van der Waals surface area contributed by atoms with Crippen LogP contribution in [0.15, 0.2) is 10.5 Å². The van der Waals surface area contributed by atoms with Crippen molar-refractivity contribution in [3.05, 3.63) is 16.1 Å². The van der Waals surface area contributed by atoms with E-state index in [1.165, 1.54) is 12.4 Å². The van der Waals surface area contributed by atoms with Crippen LogP contribution in [0.2, 0.25) is 0 Å². The monoisotopic (exact) mass is 506 g/mol. The number of carbonyl (C=O) groups excluding carboxylic acids is 4. The van der Waals surface area contributed by atoms with Gasteiger partial charge in [0.1, 0.15) is 23.9 Å². The molecule has 14 nitrogen and oxygen atoms in total. The number of rotatable bonds is 8. The van der Waals surface area contributed by atoms with Crippen LogP contribution in [0.25, 0.3) is 0 Å². The van der Waals surface area contributed by atoms with Crippen molar-refractivity contribution in [2.45, 2.75) is 17.5 Å². The fourth-order valence-electron chi connectivity index (χ4n) is 2.41. The van der Waals surface area contributed by atoms with Gasteiger partial charge in [-0.1, -0.05) is 5.16 Å². The average molecular weight is 507 g/mol. The first kappa shape index (κ1) is 27.2. The molecule has 1 saturated heterocycles. The SMILES string of the molecule is CNC(=O)C1C(NC(=O)/C(=N\OC)c2csc(C(Cl)C(N)=O)n2)C(=O)N1S(=O)(=O)O.[H-].[Na+]. The van der Waals surface area contributed by atoms with E-state index in [2.05, 4.69) is 25.6 Å². The maximum Gasteiger partial charge on any atom is 1.00 e. The molecule has 1 aliphatic heterocycles. The largest absolute Gasteiger partial charge is 1.00 e. The minimum atomic E-state index is -5.04. The molecule has 0 aliphatic carbocycles. The van der Waals surface area contributed by atoms with E-state index in [1.54, 1.807) is 0 Å². The molecule has 31 heavy (non-hydrogen) atoms. The van der Waals surface area contributed by atoms with Crippen molar-refractivity contribution in [2.24, 2.45) is 10.9 Å². The molecule has 0 aromatic carbocycles. The topological polar surface area (TPSA) is 210 Å². The third-order valence-electron chi connectivity index (χ3n) is 3.73. The van der Waals surface area contributed by atoms with Crippen LogP contribution < -0.4 is 45.9 Å². The Morgan fingerprint density at radius 1 is 1.48 bits per heavy atom. The van der Waals surface area contributed by atoms with Gasteiger partial charge >= 0.3 is 39.9 Å². The Morgan fingerprint density at radius 3 is 2.58 bits per heavy atom. The van der Waals surface area contributed by atoms with Gasteiger partial charge in [0.05, 0.1) is 0 Å². The van der Waals surface area contributed by atoms with Gasteiger partial charge in [0.25, 0.3) is 11.8 Å². The van der Waals surface area contributed by atoms with Gasteiger partial charge in [-0.05, 0) is 0 Å². The molecule has 18 heteroatoms. The van der Waals surface area contributed by atoms with Gasteiger partial charge in [0.15, 0.2) is 17.1 Å². The van der Waals surface area contributed by atoms with Crippen LogP contribution >= 0.6 is 22.9 Å². The van der Waals surface area contributed by atoms with Gasteiger partial charge in [-0.15, -0.1) is 22.9 Å². The Kier molecular flexibility index (Phi) is 9.36. The van der Waals surface area contributed by atoms with E-state index in [1.807, 2.05) is 0 Å². The fourth-order valence-corrected chi connectivity index (χ4v) is 4.24. The van der Waals surface area contributed by atoms with E-state index < -0.39 is 57.1 Å². The van der Waals surface area contributed by atoms with E-state index in [-0.39, 0.29) is 46.0 Å². The predicted octanol–water partition coefficient (Wildman–Crippen LogP) is -5.38. The first-order valence-electron chi connectivity index (χ1n) is 7.77. The molecule has 3 atom stereocenters. The molecule has 1 aromatic rings. The minimum Gasteiger partial charge on any atom is -1.00 e. The smallest absolute Gasteiger partial charge is 1.00 e. The van der Waals surface area contributed by atoms with Gasteiger partial charge in [-0.25, -0.2) is 4.98 Å². The van der Waals surface area contributed by atoms with Crippen molar-refractivity contribution in [3.8, 4) is 0 Å². The maximum atomic E-state index is 12.6. The van der Waals surface area contributed by atoms with Crippen LogP contribution in [0.4, 0.5) is 0 Å². The standard InChI is InChI=1S/C13H15ClN6O8S2.Na.H/c1-16-11(23)8-7(13(24)20(8)30(25,26)27)18-10(22)6(19-28-2)4-3-29-12(17-4)5(14)9(15)21;;/h3,5,7-8H,1-2H3,(H2,15,21)(H,16,23)(H,18,22)(H,25,26,27);;/q;+1;-1/b19-6-;;. The van der Waals surface area contributed by atoms with E-state index >= 15 is 0 Å². The predicted molar refractivity (Wildman–Crippen MR) is 103 cm³/mol. The summed E-state index contributed by atoms with van der Waals surface area (Å²) in [5.41, 5.74) is 4.55. The number of nitrogens with zero attached hydrogens (tertiary/aromatic N) is 3. The van der Waals surface area contributed by atoms with E-state index in [0.29, 0.717) is 0 Å². The summed E-state index contributed by atoms with van der Waals surface area (Å²) in [6.45, 7) is 0. The Morgan fingerprint density at radius 2 is 2.10 bits per heavy atom. The van der Waals surface area contributed by atoms with Crippen molar-refractivity contribution in [3.63, 3.8) is 0 Å². The second kappa shape index (κ2) is 10.7. The van der Waals surface area contributed by atoms with Crippen molar-refractivity contribution < 1.29 is 68.0 Å². The summed E-state index contributed by atoms with van der Waals surface area (Å²) < 4.78 is 31.7. The number of carbonyl (C=O) groups is 4. The second-order valence-electron chi connectivity index (χ2n) is 5.58. The summed E-state index contributed by atoms with van der Waals surface area (Å²) >= 11 is 6.70. The zero-order valence-corrected chi connectivity index (χ0v) is 20.6. The molecular formula is C13H16ClN6NaO8S2. The maximum absolute atomic E-state index is 12.6. The van der Waals surface area contributed by atoms with E-state index in [0.717, 1.165) is 18.4 Å². The second-order valence-corrected chi connectivity index (χ2v) is 8.20. The zero-order valence-electron chi connectivity index (χ0n) is 17.2. The quantitative estimate of drug-likeness (QED) is 0.0660. The van der Waals surface area contributed by atoms with Crippen LogP contribution in [0.3, 0.4) is 0 Å². The van der Waals surface area contributed by atoms with Crippen LogP contribution in [0.5, 0.6) is 0 Å². The number of amides is 4. The van der Waals surface area contributed by atoms with Gasteiger partial charge < -0.3 is 22.6 Å². The van der Waals surface area contributed by atoms with Gasteiger partial charge in [0.2, 0.25) is 11.8 Å². The summed E-state index contributed by atoms with van der Waals surface area (Å²) in [5.74, 6) is -4.12. The van der Waals surface area contributed by atoms with Crippen molar-refractivity contribution in [2.75, 3.05) is 14.2 Å². The summed E-state index contributed by atoms with van der Waals surface area (Å²) in [6, 6.07) is -3.34. The Labute approximate surface area is 208 Å². The minimum absolute atomic E-state index is 0. The summed E-state index contributed by atoms with van der Waals surface area (Å²) in [6.07, 6.45) is 0. The molecule has 0 radical (unpaired) electrons. The zero-order chi connectivity index (χ0) is 22.8. The Balaban J connectivity index is 0.00000480. The van der Waals surface area contributed by atoms with Crippen LogP contribution in [0, 0.1) is 0 Å². The first-order chi connectivity index (χ1) is 13.9. The number of β-lactam (4-membered cyclic amide) rings is 1. The fraction of sp³-hybridized carbons (Fsp3) is 0.385. The Bertz CT molecular complexity index is 1040. The number of nitrogens with one attached hydrogen (secondary N) is 2. The third kappa shape index (κ3) is 5.71. The number of primary amides is 1. The van der Waals surface area contributed by atoms with E-state index in [4.69, 9.17) is 21.9 Å². The molecule has 5 N–H and O–H groups in total. The number of hydrogen-bond donors (Lipinski definition) is 4. The van der Waals surface area contributed by atoms with Gasteiger partial charge in [-0.2, -0.15) is 12.7 Å². The van der Waals surface area contributed by atoms with Crippen LogP contribution in [-0.4, -0.2) is 77.8 Å². The summed E-state index contributed by atoms with van der Waals surface area (Å²) in [7, 11) is -2.75. The number of halogens is 1. The molecule has 1 aliphatic rings. The molecule has 3 unspecified atom stereocenters. The molecule has 1 fully saturated rings. The van der Waals surface area contributed by atoms with Gasteiger partial charge in [0, 0.05) is 12.4 Å². The number of likely N-dealkylation sites (N-methyl/N-ethyl adjacent to an activating group) is 1. The van der Waals surface area contributed by atoms with E-state index in [9.17, 15) is 27.6 Å². The molecule has 1 aromatic heterocycles. The average Bonchev–Trinajstić information content (AvgIpc) is 3.14. The number of alkyl halides is 1. The molecule has 0 spiro atoms. The number of hydrogen-bond acceptors (Lipinski definition) is 10. The van der Waals surface area contributed by atoms with Crippen molar-refractivity contribution in [1.29, 1.82) is 0 Å². The molecule has 166 valence electrons. The molecule has 2 heterocycles. The molecular weight excluding hydrogens is 491 g/mol. The third-order valence-corrected chi connectivity index (χ3v) is 6.10. The number of nitrogens with two attached hydrogens (primary N) is 1.